The minimum atomic E-state index is -0.455. The zero-order chi connectivity index (χ0) is 19.5. The summed E-state index contributed by atoms with van der Waals surface area (Å²) < 4.78 is 15.9. The van der Waals surface area contributed by atoms with E-state index in [0.29, 0.717) is 42.0 Å². The molecule has 0 unspecified atom stereocenters. The number of rotatable bonds is 4. The Morgan fingerprint density at radius 2 is 1.79 bits per heavy atom. The van der Waals surface area contributed by atoms with Gasteiger partial charge in [0, 0.05) is 29.6 Å². The Bertz CT molecular complexity index is 1050. The molecule has 9 heteroatoms. The van der Waals surface area contributed by atoms with Crippen molar-refractivity contribution in [2.24, 2.45) is 0 Å². The molecule has 1 aromatic carbocycles. The number of nitrogens with one attached hydrogen (secondary N) is 2. The number of nitrogens with zero attached hydrogens (tertiary/aromatic N) is 2. The van der Waals surface area contributed by atoms with Crippen LogP contribution in [0.4, 0.5) is 11.5 Å². The molecule has 9 nitrogen and oxygen atoms in total. The monoisotopic (exact) mass is 380 g/mol. The number of aromatic nitrogens is 2. The fourth-order valence-corrected chi connectivity index (χ4v) is 2.63. The van der Waals surface area contributed by atoms with Crippen molar-refractivity contribution >= 4 is 23.3 Å². The molecule has 4 rings (SSSR count). The molecule has 0 bridgehead atoms. The van der Waals surface area contributed by atoms with E-state index in [4.69, 9.17) is 14.0 Å². The molecule has 1 aliphatic heterocycles. The second kappa shape index (κ2) is 7.39. The Morgan fingerprint density at radius 1 is 0.964 bits per heavy atom. The van der Waals surface area contributed by atoms with Crippen molar-refractivity contribution in [1.82, 2.24) is 10.1 Å². The highest BCUT2D eigenvalue weighted by Gasteiger charge is 2.16. The van der Waals surface area contributed by atoms with Crippen molar-refractivity contribution in [3.05, 3.63) is 59.6 Å². The minimum Gasteiger partial charge on any atom is -0.486 e. The van der Waals surface area contributed by atoms with Gasteiger partial charge < -0.3 is 24.6 Å². The SMILES string of the molecule is Cc1cc(NC(=O)c2ccnc(C(=O)Nc3ccc4c(c3)OCCO4)c2)no1. The van der Waals surface area contributed by atoms with Gasteiger partial charge in [0.2, 0.25) is 0 Å². The van der Waals surface area contributed by atoms with E-state index in [1.807, 2.05) is 0 Å². The second-order valence-electron chi connectivity index (χ2n) is 6.02. The smallest absolute Gasteiger partial charge is 0.274 e. The summed E-state index contributed by atoms with van der Waals surface area (Å²) in [6.07, 6.45) is 1.39. The Morgan fingerprint density at radius 3 is 2.57 bits per heavy atom. The number of carbonyl (C=O) groups is 2. The third-order valence-corrected chi connectivity index (χ3v) is 3.92. The first-order chi connectivity index (χ1) is 13.6. The molecule has 0 spiro atoms. The van der Waals surface area contributed by atoms with Crippen LogP contribution >= 0.6 is 0 Å². The van der Waals surface area contributed by atoms with Crippen LogP contribution < -0.4 is 20.1 Å². The van der Waals surface area contributed by atoms with Crippen LogP contribution in [0.1, 0.15) is 26.6 Å². The van der Waals surface area contributed by atoms with E-state index in [1.54, 1.807) is 31.2 Å². The molecule has 142 valence electrons. The number of hydrogen-bond donors (Lipinski definition) is 2. The van der Waals surface area contributed by atoms with Crippen LogP contribution in [0, 0.1) is 6.92 Å². The van der Waals surface area contributed by atoms with Crippen LogP contribution in [-0.4, -0.2) is 35.2 Å². The highest BCUT2D eigenvalue weighted by molar-refractivity contribution is 6.07. The van der Waals surface area contributed by atoms with Crippen molar-refractivity contribution in [3.63, 3.8) is 0 Å². The number of anilines is 2. The standard InChI is InChI=1S/C19H16N4O5/c1-11-8-17(23-28-11)22-18(24)12-4-5-20-14(9-12)19(25)21-13-2-3-15-16(10-13)27-7-6-26-15/h2-5,8-10H,6-7H2,1H3,(H,21,25)(H,22,23,24). The topological polar surface area (TPSA) is 116 Å². The van der Waals surface area contributed by atoms with Gasteiger partial charge in [-0.3, -0.25) is 14.6 Å². The summed E-state index contributed by atoms with van der Waals surface area (Å²) in [6, 6.07) is 9.60. The number of aryl methyl sites for hydroxylation is 1. The van der Waals surface area contributed by atoms with Gasteiger partial charge in [0.05, 0.1) is 0 Å². The predicted octanol–water partition coefficient (Wildman–Crippen LogP) is 2.65. The van der Waals surface area contributed by atoms with Crippen LogP contribution in [0.5, 0.6) is 11.5 Å². The fraction of sp³-hybridized carbons (Fsp3) is 0.158. The first kappa shape index (κ1) is 17.5. The van der Waals surface area contributed by atoms with E-state index >= 15 is 0 Å². The third kappa shape index (κ3) is 3.78. The zero-order valence-electron chi connectivity index (χ0n) is 14.9. The highest BCUT2D eigenvalue weighted by Crippen LogP contribution is 2.32. The molecule has 28 heavy (non-hydrogen) atoms. The average Bonchev–Trinajstić information content (AvgIpc) is 3.12. The molecule has 0 aliphatic carbocycles. The molecule has 1 aliphatic rings. The van der Waals surface area contributed by atoms with Gasteiger partial charge in [0.25, 0.3) is 11.8 Å². The van der Waals surface area contributed by atoms with E-state index in [9.17, 15) is 9.59 Å². The maximum Gasteiger partial charge on any atom is 0.274 e. The summed E-state index contributed by atoms with van der Waals surface area (Å²) >= 11 is 0. The van der Waals surface area contributed by atoms with Crippen molar-refractivity contribution in [1.29, 1.82) is 0 Å². The van der Waals surface area contributed by atoms with E-state index in [-0.39, 0.29) is 11.3 Å². The molecule has 3 aromatic rings. The summed E-state index contributed by atoms with van der Waals surface area (Å²) in [6.45, 7) is 2.66. The van der Waals surface area contributed by atoms with E-state index in [0.717, 1.165) is 0 Å². The van der Waals surface area contributed by atoms with Gasteiger partial charge in [-0.15, -0.1) is 0 Å². The maximum absolute atomic E-state index is 12.5. The summed E-state index contributed by atoms with van der Waals surface area (Å²) in [5, 5.41) is 9.03. The Balaban J connectivity index is 1.47. The van der Waals surface area contributed by atoms with Crippen molar-refractivity contribution in [2.45, 2.75) is 6.92 Å². The molecule has 0 radical (unpaired) electrons. The van der Waals surface area contributed by atoms with E-state index in [1.165, 1.54) is 18.3 Å². The summed E-state index contributed by atoms with van der Waals surface area (Å²) in [4.78, 5) is 28.9. The lowest BCUT2D eigenvalue weighted by atomic mass is 10.2. The summed E-state index contributed by atoms with van der Waals surface area (Å²) in [5.74, 6) is 1.18. The lowest BCUT2D eigenvalue weighted by molar-refractivity contribution is 0.102. The molecule has 2 amide bonds. The van der Waals surface area contributed by atoms with Crippen molar-refractivity contribution in [3.8, 4) is 11.5 Å². The maximum atomic E-state index is 12.5. The predicted molar refractivity (Wildman–Crippen MR) is 98.8 cm³/mol. The quantitative estimate of drug-likeness (QED) is 0.715. The van der Waals surface area contributed by atoms with Gasteiger partial charge in [-0.2, -0.15) is 0 Å². The molecule has 0 saturated heterocycles. The molecule has 3 heterocycles. The van der Waals surface area contributed by atoms with Crippen LogP contribution in [-0.2, 0) is 0 Å². The van der Waals surface area contributed by atoms with Gasteiger partial charge in [0.1, 0.15) is 24.7 Å². The number of benzene rings is 1. The normalized spacial score (nSPS) is 12.3. The number of hydrogen-bond acceptors (Lipinski definition) is 7. The Kier molecular flexibility index (Phi) is 4.63. The average molecular weight is 380 g/mol. The molecule has 0 fully saturated rings. The number of fused-ring (bicyclic) bond motifs is 1. The molecule has 2 aromatic heterocycles. The lowest BCUT2D eigenvalue weighted by Crippen LogP contribution is -2.18. The zero-order valence-corrected chi connectivity index (χ0v) is 14.9. The molecular formula is C19H16N4O5. The summed E-state index contributed by atoms with van der Waals surface area (Å²) in [7, 11) is 0. The first-order valence-corrected chi connectivity index (χ1v) is 8.50. The van der Waals surface area contributed by atoms with Gasteiger partial charge in [-0.1, -0.05) is 5.16 Å². The van der Waals surface area contributed by atoms with Crippen LogP contribution in [0.3, 0.4) is 0 Å². The minimum absolute atomic E-state index is 0.0962. The van der Waals surface area contributed by atoms with Crippen molar-refractivity contribution < 1.29 is 23.6 Å². The second-order valence-corrected chi connectivity index (χ2v) is 6.02. The van der Waals surface area contributed by atoms with E-state index < -0.39 is 11.8 Å². The Hall–Kier alpha value is -3.88. The number of ether oxygens (including phenoxy) is 2. The van der Waals surface area contributed by atoms with Gasteiger partial charge in [-0.25, -0.2) is 0 Å². The van der Waals surface area contributed by atoms with Gasteiger partial charge in [0.15, 0.2) is 17.3 Å². The molecule has 0 atom stereocenters. The van der Waals surface area contributed by atoms with Gasteiger partial charge >= 0.3 is 0 Å². The molecule has 2 N–H and O–H groups in total. The molecular weight excluding hydrogens is 364 g/mol. The van der Waals surface area contributed by atoms with E-state index in [2.05, 4.69) is 20.8 Å². The molecule has 0 saturated carbocycles. The summed E-state index contributed by atoms with van der Waals surface area (Å²) in [5.41, 5.74) is 0.894. The largest absolute Gasteiger partial charge is 0.486 e. The van der Waals surface area contributed by atoms with Gasteiger partial charge in [-0.05, 0) is 31.2 Å². The number of pyridine rings is 1. The van der Waals surface area contributed by atoms with Crippen LogP contribution in [0.25, 0.3) is 0 Å². The van der Waals surface area contributed by atoms with Crippen molar-refractivity contribution in [2.75, 3.05) is 23.8 Å². The Labute approximate surface area is 159 Å². The highest BCUT2D eigenvalue weighted by atomic mass is 16.6. The lowest BCUT2D eigenvalue weighted by Gasteiger charge is -2.19. The number of amides is 2. The third-order valence-electron chi connectivity index (χ3n) is 3.92. The first-order valence-electron chi connectivity index (χ1n) is 8.50. The fourth-order valence-electron chi connectivity index (χ4n) is 2.63. The van der Waals surface area contributed by atoms with Crippen LogP contribution in [0.2, 0.25) is 0 Å². The number of carbonyl (C=O) groups excluding carboxylic acids is 2. The van der Waals surface area contributed by atoms with Crippen LogP contribution in [0.15, 0.2) is 47.1 Å².